The van der Waals surface area contributed by atoms with E-state index in [1.807, 2.05) is 0 Å². The van der Waals surface area contributed by atoms with E-state index in [1.54, 1.807) is 0 Å². The van der Waals surface area contributed by atoms with Gasteiger partial charge in [-0.15, -0.1) is 0 Å². The summed E-state index contributed by atoms with van der Waals surface area (Å²) >= 11 is 0. The molecule has 0 fully saturated rings. The molecule has 6 N–H and O–H groups in total. The first-order valence-corrected chi connectivity index (χ1v) is 3.14. The molecule has 0 aliphatic rings. The van der Waals surface area contributed by atoms with Gasteiger partial charge in [0.2, 0.25) is 0 Å². The lowest BCUT2D eigenvalue weighted by Gasteiger charge is -2.04. The number of nitrogens with two attached hydrogens (primary N) is 2. The van der Waals surface area contributed by atoms with Crippen LogP contribution in [0.3, 0.4) is 0 Å². The van der Waals surface area contributed by atoms with E-state index in [4.69, 9.17) is 21.7 Å². The Hall–Kier alpha value is -1.91. The Morgan fingerprint density at radius 1 is 1.25 bits per heavy atom. The number of aromatic hydroxyl groups is 1. The number of hydrogen-bond donors (Lipinski definition) is 4. The molecular formula is C7H8N2O3. The molecule has 0 aliphatic carbocycles. The van der Waals surface area contributed by atoms with E-state index in [0.29, 0.717) is 0 Å². The molecule has 0 spiro atoms. The van der Waals surface area contributed by atoms with Gasteiger partial charge in [-0.3, -0.25) is 0 Å². The monoisotopic (exact) mass is 168 g/mol. The van der Waals surface area contributed by atoms with Crippen molar-refractivity contribution in [3.8, 4) is 5.75 Å². The number of phenols is 1. The normalized spacial score (nSPS) is 9.67. The molecule has 0 aliphatic heterocycles. The zero-order valence-electron chi connectivity index (χ0n) is 6.11. The van der Waals surface area contributed by atoms with Gasteiger partial charge in [-0.1, -0.05) is 0 Å². The molecule has 1 rings (SSSR count). The fraction of sp³-hybridized carbons (Fsp3) is 0. The summed E-state index contributed by atoms with van der Waals surface area (Å²) in [5.74, 6) is -1.78. The van der Waals surface area contributed by atoms with Crippen molar-refractivity contribution < 1.29 is 15.0 Å². The van der Waals surface area contributed by atoms with Gasteiger partial charge in [0.1, 0.15) is 5.56 Å². The SMILES string of the molecule is Nc1ccc(N)c(C(=O)O)c1O. The highest BCUT2D eigenvalue weighted by Crippen LogP contribution is 2.29. The van der Waals surface area contributed by atoms with Crippen LogP contribution in [0.15, 0.2) is 12.1 Å². The molecule has 0 saturated carbocycles. The van der Waals surface area contributed by atoms with Crippen LogP contribution < -0.4 is 11.5 Å². The second kappa shape index (κ2) is 2.61. The molecule has 12 heavy (non-hydrogen) atoms. The van der Waals surface area contributed by atoms with E-state index in [2.05, 4.69) is 0 Å². The van der Waals surface area contributed by atoms with Crippen LogP contribution in [0.1, 0.15) is 10.4 Å². The van der Waals surface area contributed by atoms with Crippen molar-refractivity contribution in [3.05, 3.63) is 17.7 Å². The highest BCUT2D eigenvalue weighted by atomic mass is 16.4. The van der Waals surface area contributed by atoms with Gasteiger partial charge in [0.15, 0.2) is 5.75 Å². The maximum atomic E-state index is 10.5. The number of nitrogen functional groups attached to an aromatic ring is 2. The van der Waals surface area contributed by atoms with E-state index in [9.17, 15) is 4.79 Å². The molecular weight excluding hydrogens is 160 g/mol. The van der Waals surface area contributed by atoms with E-state index in [1.165, 1.54) is 12.1 Å². The van der Waals surface area contributed by atoms with Crippen LogP contribution in [-0.4, -0.2) is 16.2 Å². The average Bonchev–Trinajstić information content (AvgIpc) is 1.97. The summed E-state index contributed by atoms with van der Waals surface area (Å²) in [5, 5.41) is 17.7. The maximum Gasteiger partial charge on any atom is 0.341 e. The second-order valence-electron chi connectivity index (χ2n) is 2.27. The van der Waals surface area contributed by atoms with Gasteiger partial charge in [-0.2, -0.15) is 0 Å². The zero-order valence-corrected chi connectivity index (χ0v) is 6.11. The fourth-order valence-electron chi connectivity index (χ4n) is 0.848. The third-order valence-electron chi connectivity index (χ3n) is 1.46. The summed E-state index contributed by atoms with van der Waals surface area (Å²) in [7, 11) is 0. The Kier molecular flexibility index (Phi) is 1.78. The molecule has 0 bridgehead atoms. The number of carboxylic acid groups (broad SMARTS) is 1. The van der Waals surface area contributed by atoms with Crippen LogP contribution >= 0.6 is 0 Å². The first kappa shape index (κ1) is 8.19. The molecule has 0 aromatic heterocycles. The average molecular weight is 168 g/mol. The van der Waals surface area contributed by atoms with Crippen LogP contribution in [0.25, 0.3) is 0 Å². The topological polar surface area (TPSA) is 110 Å². The zero-order chi connectivity index (χ0) is 9.30. The number of carbonyl (C=O) groups is 1. The van der Waals surface area contributed by atoms with Crippen molar-refractivity contribution in [2.24, 2.45) is 0 Å². The van der Waals surface area contributed by atoms with Crippen LogP contribution in [0, 0.1) is 0 Å². The van der Waals surface area contributed by atoms with Crippen LogP contribution in [0.5, 0.6) is 5.75 Å². The van der Waals surface area contributed by atoms with E-state index < -0.39 is 11.7 Å². The standard InChI is InChI=1S/C7H8N2O3/c8-3-1-2-4(9)6(10)5(3)7(11)12/h1-2,10H,8-9H2,(H,11,12). The third kappa shape index (κ3) is 1.12. The largest absolute Gasteiger partial charge is 0.505 e. The van der Waals surface area contributed by atoms with Crippen molar-refractivity contribution in [1.29, 1.82) is 0 Å². The van der Waals surface area contributed by atoms with Gasteiger partial charge in [0.05, 0.1) is 11.4 Å². The van der Waals surface area contributed by atoms with Crippen LogP contribution in [-0.2, 0) is 0 Å². The summed E-state index contributed by atoms with van der Waals surface area (Å²) in [4.78, 5) is 10.5. The number of anilines is 2. The summed E-state index contributed by atoms with van der Waals surface area (Å²) in [5.41, 5.74) is 10.2. The molecule has 5 nitrogen and oxygen atoms in total. The molecule has 0 saturated heterocycles. The summed E-state index contributed by atoms with van der Waals surface area (Å²) < 4.78 is 0. The van der Waals surface area contributed by atoms with Crippen molar-refractivity contribution >= 4 is 17.3 Å². The Labute approximate surface area is 68.2 Å². The van der Waals surface area contributed by atoms with Crippen molar-refractivity contribution in [2.45, 2.75) is 0 Å². The molecule has 0 radical (unpaired) electrons. The van der Waals surface area contributed by atoms with Gasteiger partial charge in [-0.25, -0.2) is 4.79 Å². The smallest absolute Gasteiger partial charge is 0.341 e. The number of benzene rings is 1. The van der Waals surface area contributed by atoms with Gasteiger partial charge in [0.25, 0.3) is 0 Å². The highest BCUT2D eigenvalue weighted by Gasteiger charge is 2.15. The van der Waals surface area contributed by atoms with Crippen LogP contribution in [0.4, 0.5) is 11.4 Å². The van der Waals surface area contributed by atoms with Crippen molar-refractivity contribution in [1.82, 2.24) is 0 Å². The lowest BCUT2D eigenvalue weighted by atomic mass is 10.1. The predicted octanol–water partition coefficient (Wildman–Crippen LogP) is 0.255. The number of hydrogen-bond acceptors (Lipinski definition) is 4. The second-order valence-corrected chi connectivity index (χ2v) is 2.27. The summed E-state index contributed by atoms with van der Waals surface area (Å²) in [6, 6.07) is 2.68. The molecule has 64 valence electrons. The van der Waals surface area contributed by atoms with Gasteiger partial charge >= 0.3 is 5.97 Å². The summed E-state index contributed by atoms with van der Waals surface area (Å²) in [6.45, 7) is 0. The molecule has 0 amide bonds. The fourth-order valence-corrected chi connectivity index (χ4v) is 0.848. The first-order chi connectivity index (χ1) is 5.54. The van der Waals surface area contributed by atoms with Gasteiger partial charge < -0.3 is 21.7 Å². The van der Waals surface area contributed by atoms with Gasteiger partial charge in [0, 0.05) is 0 Å². The Morgan fingerprint density at radius 2 is 1.75 bits per heavy atom. The number of rotatable bonds is 1. The van der Waals surface area contributed by atoms with Crippen molar-refractivity contribution in [3.63, 3.8) is 0 Å². The van der Waals surface area contributed by atoms with Crippen molar-refractivity contribution in [2.75, 3.05) is 11.5 Å². The molecule has 5 heteroatoms. The van der Waals surface area contributed by atoms with Gasteiger partial charge in [-0.05, 0) is 12.1 Å². The minimum Gasteiger partial charge on any atom is -0.505 e. The lowest BCUT2D eigenvalue weighted by molar-refractivity contribution is 0.0695. The number of aromatic carboxylic acids is 1. The molecule has 1 aromatic rings. The lowest BCUT2D eigenvalue weighted by Crippen LogP contribution is -2.04. The predicted molar refractivity (Wildman–Crippen MR) is 43.9 cm³/mol. The van der Waals surface area contributed by atoms with Crippen LogP contribution in [0.2, 0.25) is 0 Å². The summed E-state index contributed by atoms with van der Waals surface area (Å²) in [6.07, 6.45) is 0. The molecule has 1 aromatic carbocycles. The Bertz CT molecular complexity index is 336. The molecule has 0 atom stereocenters. The van der Waals surface area contributed by atoms with E-state index >= 15 is 0 Å². The van der Waals surface area contributed by atoms with E-state index in [-0.39, 0.29) is 16.9 Å². The molecule has 0 heterocycles. The Morgan fingerprint density at radius 3 is 2.17 bits per heavy atom. The van der Waals surface area contributed by atoms with E-state index in [0.717, 1.165) is 0 Å². The number of carboxylic acids is 1. The highest BCUT2D eigenvalue weighted by molar-refractivity contribution is 5.98. The molecule has 0 unspecified atom stereocenters. The first-order valence-electron chi connectivity index (χ1n) is 3.14. The maximum absolute atomic E-state index is 10.5. The third-order valence-corrected chi connectivity index (χ3v) is 1.46. The minimum absolute atomic E-state index is 0.00148. The Balaban J connectivity index is 3.43. The quantitative estimate of drug-likeness (QED) is 0.355. The minimum atomic E-state index is -1.29.